The van der Waals surface area contributed by atoms with E-state index in [0.717, 1.165) is 41.9 Å². The summed E-state index contributed by atoms with van der Waals surface area (Å²) in [5, 5.41) is 4.03. The molecule has 1 fully saturated rings. The van der Waals surface area contributed by atoms with Crippen LogP contribution < -0.4 is 0 Å². The van der Waals surface area contributed by atoms with Gasteiger partial charge in [0.1, 0.15) is 11.9 Å². The summed E-state index contributed by atoms with van der Waals surface area (Å²) in [5.41, 5.74) is 1.92. The highest BCUT2D eigenvalue weighted by atomic mass is 16.5. The van der Waals surface area contributed by atoms with Gasteiger partial charge < -0.3 is 14.0 Å². The zero-order valence-corrected chi connectivity index (χ0v) is 16.1. The molecule has 1 amide bonds. The van der Waals surface area contributed by atoms with Gasteiger partial charge in [0, 0.05) is 19.4 Å². The van der Waals surface area contributed by atoms with Crippen LogP contribution in [-0.2, 0) is 17.8 Å². The summed E-state index contributed by atoms with van der Waals surface area (Å²) in [6, 6.07) is 7.67. The lowest BCUT2D eigenvalue weighted by Crippen LogP contribution is -2.34. The Kier molecular flexibility index (Phi) is 4.68. The van der Waals surface area contributed by atoms with Gasteiger partial charge in [0.05, 0.1) is 17.6 Å². The van der Waals surface area contributed by atoms with Gasteiger partial charge in [-0.05, 0) is 31.4 Å². The first-order valence-electron chi connectivity index (χ1n) is 9.65. The smallest absolute Gasteiger partial charge is 0.246 e. The van der Waals surface area contributed by atoms with E-state index in [4.69, 9.17) is 9.51 Å². The van der Waals surface area contributed by atoms with Crippen LogP contribution in [0.25, 0.3) is 11.0 Å². The quantitative estimate of drug-likeness (QED) is 0.639. The fourth-order valence-electron chi connectivity index (χ4n) is 3.53. The number of carbonyl (C=O) groups excluding carboxylic acids is 1. The lowest BCUT2D eigenvalue weighted by Gasteiger charge is -2.24. The third-order valence-corrected chi connectivity index (χ3v) is 5.14. The Labute approximate surface area is 158 Å². The maximum Gasteiger partial charge on any atom is 0.246 e. The van der Waals surface area contributed by atoms with Gasteiger partial charge >= 0.3 is 0 Å². The van der Waals surface area contributed by atoms with E-state index in [-0.39, 0.29) is 11.9 Å². The molecule has 1 atom stereocenters. The monoisotopic (exact) mass is 367 g/mol. The zero-order chi connectivity index (χ0) is 19.0. The number of nitrogens with zero attached hydrogens (tertiary/aromatic N) is 5. The predicted molar refractivity (Wildman–Crippen MR) is 101 cm³/mol. The van der Waals surface area contributed by atoms with Crippen LogP contribution in [0.1, 0.15) is 62.6 Å². The molecule has 2 aromatic heterocycles. The number of benzene rings is 1. The molecule has 1 saturated carbocycles. The Bertz CT molecular complexity index is 956. The molecule has 7 nitrogen and oxygen atoms in total. The standard InChI is InChI=1S/C20H25N5O2/c1-4-15(25-16-9-7-6-8-14(16)21-17(25)5-2)20(26)24(3)12-18-22-19(23-27-18)13-10-11-13/h6-9,13,15H,4-5,10-12H2,1-3H3/t15-/m1/s1. The summed E-state index contributed by atoms with van der Waals surface area (Å²) in [7, 11) is 1.79. The minimum absolute atomic E-state index is 0.0292. The molecule has 3 aromatic rings. The highest BCUT2D eigenvalue weighted by Gasteiger charge is 2.30. The molecule has 0 aliphatic heterocycles. The van der Waals surface area contributed by atoms with Crippen molar-refractivity contribution in [2.75, 3.05) is 7.05 Å². The first-order chi connectivity index (χ1) is 13.1. The van der Waals surface area contributed by atoms with Crippen molar-refractivity contribution in [2.45, 2.75) is 58.0 Å². The second-order valence-electron chi connectivity index (χ2n) is 7.18. The fourth-order valence-corrected chi connectivity index (χ4v) is 3.53. The molecular weight excluding hydrogens is 342 g/mol. The van der Waals surface area contributed by atoms with E-state index in [0.29, 0.717) is 24.8 Å². The molecule has 0 N–H and O–H groups in total. The summed E-state index contributed by atoms with van der Waals surface area (Å²) in [4.78, 5) is 24.0. The molecule has 0 radical (unpaired) electrons. The van der Waals surface area contributed by atoms with Gasteiger partial charge in [0.15, 0.2) is 5.82 Å². The van der Waals surface area contributed by atoms with E-state index in [9.17, 15) is 4.79 Å². The van der Waals surface area contributed by atoms with Gasteiger partial charge in [-0.3, -0.25) is 4.79 Å². The van der Waals surface area contributed by atoms with Gasteiger partial charge in [0.25, 0.3) is 0 Å². The maximum absolute atomic E-state index is 13.2. The van der Waals surface area contributed by atoms with E-state index >= 15 is 0 Å². The van der Waals surface area contributed by atoms with Crippen LogP contribution in [0.5, 0.6) is 0 Å². The predicted octanol–water partition coefficient (Wildman–Crippen LogP) is 3.47. The Morgan fingerprint density at radius 2 is 2.07 bits per heavy atom. The summed E-state index contributed by atoms with van der Waals surface area (Å²) >= 11 is 0. The number of hydrogen-bond donors (Lipinski definition) is 0. The van der Waals surface area contributed by atoms with Crippen LogP contribution in [0.3, 0.4) is 0 Å². The zero-order valence-electron chi connectivity index (χ0n) is 16.1. The van der Waals surface area contributed by atoms with Crippen LogP contribution in [0, 0.1) is 0 Å². The molecule has 1 aliphatic rings. The van der Waals surface area contributed by atoms with Gasteiger partial charge in [-0.25, -0.2) is 4.98 Å². The molecule has 1 aliphatic carbocycles. The van der Waals surface area contributed by atoms with E-state index in [1.807, 2.05) is 31.2 Å². The number of rotatable bonds is 7. The van der Waals surface area contributed by atoms with Crippen molar-refractivity contribution in [2.24, 2.45) is 0 Å². The Morgan fingerprint density at radius 3 is 2.78 bits per heavy atom. The van der Waals surface area contributed by atoms with Gasteiger partial charge in [0.2, 0.25) is 11.8 Å². The second kappa shape index (κ2) is 7.13. The summed E-state index contributed by atoms with van der Waals surface area (Å²) < 4.78 is 7.41. The van der Waals surface area contributed by atoms with Crippen LogP contribution in [0.15, 0.2) is 28.8 Å². The lowest BCUT2D eigenvalue weighted by molar-refractivity contribution is -0.134. The number of likely N-dealkylation sites (N-methyl/N-ethyl adjacent to an activating group) is 1. The first-order valence-corrected chi connectivity index (χ1v) is 9.65. The van der Waals surface area contributed by atoms with Crippen LogP contribution >= 0.6 is 0 Å². The molecule has 142 valence electrons. The highest BCUT2D eigenvalue weighted by molar-refractivity contribution is 5.84. The lowest BCUT2D eigenvalue weighted by atomic mass is 10.1. The summed E-state index contributed by atoms with van der Waals surface area (Å²) in [6.07, 6.45) is 3.71. The number of para-hydroxylation sites is 2. The topological polar surface area (TPSA) is 77.1 Å². The van der Waals surface area contributed by atoms with Crippen molar-refractivity contribution >= 4 is 16.9 Å². The fraction of sp³-hybridized carbons (Fsp3) is 0.500. The minimum Gasteiger partial charge on any atom is -0.337 e. The molecule has 27 heavy (non-hydrogen) atoms. The van der Waals surface area contributed by atoms with E-state index < -0.39 is 0 Å². The van der Waals surface area contributed by atoms with Crippen molar-refractivity contribution in [1.82, 2.24) is 24.6 Å². The molecule has 0 spiro atoms. The summed E-state index contributed by atoms with van der Waals surface area (Å²) in [5.74, 6) is 2.66. The molecule has 0 unspecified atom stereocenters. The van der Waals surface area contributed by atoms with Crippen molar-refractivity contribution in [1.29, 1.82) is 0 Å². The Hall–Kier alpha value is -2.70. The largest absolute Gasteiger partial charge is 0.337 e. The van der Waals surface area contributed by atoms with Crippen molar-refractivity contribution in [3.05, 3.63) is 41.8 Å². The van der Waals surface area contributed by atoms with Crippen LogP contribution in [0.4, 0.5) is 0 Å². The van der Waals surface area contributed by atoms with Gasteiger partial charge in [-0.15, -0.1) is 0 Å². The number of imidazole rings is 1. The SMILES string of the molecule is CCc1nc2ccccc2n1[C@H](CC)C(=O)N(C)Cc1nc(C2CC2)no1. The van der Waals surface area contributed by atoms with Crippen molar-refractivity contribution in [3.8, 4) is 0 Å². The highest BCUT2D eigenvalue weighted by Crippen LogP contribution is 2.38. The second-order valence-corrected chi connectivity index (χ2v) is 7.18. The van der Waals surface area contributed by atoms with Crippen molar-refractivity contribution < 1.29 is 9.32 Å². The van der Waals surface area contributed by atoms with Gasteiger partial charge in [-0.1, -0.05) is 31.1 Å². The van der Waals surface area contributed by atoms with Crippen LogP contribution in [0.2, 0.25) is 0 Å². The van der Waals surface area contributed by atoms with Crippen LogP contribution in [-0.4, -0.2) is 37.5 Å². The first kappa shape index (κ1) is 17.7. The molecule has 2 heterocycles. The number of aromatic nitrogens is 4. The number of fused-ring (bicyclic) bond motifs is 1. The van der Waals surface area contributed by atoms with Gasteiger partial charge in [-0.2, -0.15) is 4.98 Å². The van der Waals surface area contributed by atoms with Crippen molar-refractivity contribution in [3.63, 3.8) is 0 Å². The minimum atomic E-state index is -0.303. The molecule has 7 heteroatoms. The molecular formula is C20H25N5O2. The number of aryl methyl sites for hydroxylation is 1. The third kappa shape index (κ3) is 3.34. The number of amides is 1. The maximum atomic E-state index is 13.2. The molecule has 0 bridgehead atoms. The third-order valence-electron chi connectivity index (χ3n) is 5.14. The molecule has 0 saturated heterocycles. The average molecular weight is 367 g/mol. The number of carbonyl (C=O) groups is 1. The normalized spacial score (nSPS) is 15.2. The number of hydrogen-bond acceptors (Lipinski definition) is 5. The molecule has 1 aromatic carbocycles. The van der Waals surface area contributed by atoms with E-state index in [2.05, 4.69) is 21.6 Å². The molecule has 4 rings (SSSR count). The summed E-state index contributed by atoms with van der Waals surface area (Å²) in [6.45, 7) is 4.42. The Morgan fingerprint density at radius 1 is 1.30 bits per heavy atom. The van der Waals surface area contributed by atoms with E-state index in [1.165, 1.54) is 0 Å². The Balaban J connectivity index is 1.58. The average Bonchev–Trinajstić information content (AvgIpc) is 3.32. The van der Waals surface area contributed by atoms with E-state index in [1.54, 1.807) is 11.9 Å².